The highest BCUT2D eigenvalue weighted by molar-refractivity contribution is 5.40. The summed E-state index contributed by atoms with van der Waals surface area (Å²) in [5, 5.41) is 2.74. The third-order valence-corrected chi connectivity index (χ3v) is 2.52. The minimum absolute atomic E-state index is 0.0522. The van der Waals surface area contributed by atoms with Crippen LogP contribution in [0.25, 0.3) is 0 Å². The van der Waals surface area contributed by atoms with Gasteiger partial charge in [-0.1, -0.05) is 18.6 Å². The Balaban J connectivity index is 2.91. The monoisotopic (exact) mass is 243 g/mol. The number of alkyl halides is 2. The number of aryl methyl sites for hydroxylation is 1. The van der Waals surface area contributed by atoms with Crippen LogP contribution in [0.1, 0.15) is 24.5 Å². The fraction of sp³-hybridized carbons (Fsp3) is 0.538. The largest absolute Gasteiger partial charge is 0.496 e. The molecule has 1 N–H and O–H groups in total. The molecule has 0 atom stereocenters. The molecule has 0 saturated carbocycles. The fourth-order valence-electron chi connectivity index (χ4n) is 1.63. The van der Waals surface area contributed by atoms with E-state index < -0.39 is 5.92 Å². The van der Waals surface area contributed by atoms with Crippen LogP contribution < -0.4 is 10.1 Å². The van der Waals surface area contributed by atoms with Crippen molar-refractivity contribution < 1.29 is 13.5 Å². The van der Waals surface area contributed by atoms with Crippen molar-refractivity contribution in [2.24, 2.45) is 0 Å². The van der Waals surface area contributed by atoms with Gasteiger partial charge >= 0.3 is 0 Å². The van der Waals surface area contributed by atoms with Crippen molar-refractivity contribution in [3.8, 4) is 5.75 Å². The van der Waals surface area contributed by atoms with Crippen molar-refractivity contribution in [2.75, 3.05) is 20.2 Å². The third-order valence-electron chi connectivity index (χ3n) is 2.52. The molecule has 2 nitrogen and oxygen atoms in total. The van der Waals surface area contributed by atoms with E-state index in [1.54, 1.807) is 19.1 Å². The first-order chi connectivity index (χ1) is 8.01. The molecule has 0 spiro atoms. The lowest BCUT2D eigenvalue weighted by Gasteiger charge is -2.20. The van der Waals surface area contributed by atoms with Gasteiger partial charge in [-0.15, -0.1) is 0 Å². The summed E-state index contributed by atoms with van der Waals surface area (Å²) in [7, 11) is 1.41. The molecule has 0 heterocycles. The summed E-state index contributed by atoms with van der Waals surface area (Å²) in [6, 6.07) is 4.82. The van der Waals surface area contributed by atoms with Gasteiger partial charge < -0.3 is 10.1 Å². The number of methoxy groups -OCH3 is 1. The van der Waals surface area contributed by atoms with Gasteiger partial charge in [0.05, 0.1) is 19.2 Å². The lowest BCUT2D eigenvalue weighted by molar-refractivity contribution is -0.00509. The molecule has 1 aromatic rings. The Morgan fingerprint density at radius 2 is 2.06 bits per heavy atom. The summed E-state index contributed by atoms with van der Waals surface area (Å²) in [4.78, 5) is 0. The zero-order chi connectivity index (χ0) is 12.9. The van der Waals surface area contributed by atoms with Crippen LogP contribution in [0.4, 0.5) is 8.78 Å². The quantitative estimate of drug-likeness (QED) is 0.775. The van der Waals surface area contributed by atoms with Gasteiger partial charge in [0, 0.05) is 0 Å². The maximum atomic E-state index is 14.0. The van der Waals surface area contributed by atoms with E-state index in [1.165, 1.54) is 13.2 Å². The third kappa shape index (κ3) is 3.66. The molecule has 0 aromatic heterocycles. The van der Waals surface area contributed by atoms with Crippen LogP contribution in [0.15, 0.2) is 18.2 Å². The van der Waals surface area contributed by atoms with E-state index in [2.05, 4.69) is 5.32 Å². The molecule has 0 bridgehead atoms. The van der Waals surface area contributed by atoms with Crippen molar-refractivity contribution in [3.63, 3.8) is 0 Å². The molecule has 17 heavy (non-hydrogen) atoms. The number of ether oxygens (including phenoxy) is 1. The molecule has 1 aromatic carbocycles. The van der Waals surface area contributed by atoms with Gasteiger partial charge in [-0.2, -0.15) is 8.78 Å². The minimum atomic E-state index is -2.91. The van der Waals surface area contributed by atoms with Gasteiger partial charge in [-0.3, -0.25) is 0 Å². The molecule has 0 amide bonds. The Kier molecular flexibility index (Phi) is 4.87. The predicted molar refractivity (Wildman–Crippen MR) is 64.8 cm³/mol. The SMILES string of the molecule is CCCNCC(F)(F)c1cc(C)ccc1OC. The lowest BCUT2D eigenvalue weighted by atomic mass is 10.0. The Morgan fingerprint density at radius 1 is 1.35 bits per heavy atom. The molecule has 4 heteroatoms. The molecule has 0 unspecified atom stereocenters. The van der Waals surface area contributed by atoms with Gasteiger partial charge in [0.15, 0.2) is 0 Å². The standard InChI is InChI=1S/C13H19F2NO/c1-4-7-16-9-13(14,15)11-8-10(2)5-6-12(11)17-3/h5-6,8,16H,4,7,9H2,1-3H3. The first kappa shape index (κ1) is 13.9. The zero-order valence-electron chi connectivity index (χ0n) is 10.5. The Morgan fingerprint density at radius 3 is 2.65 bits per heavy atom. The molecular formula is C13H19F2NO. The van der Waals surface area contributed by atoms with E-state index >= 15 is 0 Å². The predicted octanol–water partition coefficient (Wildman–Crippen LogP) is 3.10. The van der Waals surface area contributed by atoms with Gasteiger partial charge in [0.25, 0.3) is 5.92 Å². The number of nitrogens with one attached hydrogen (secondary N) is 1. The summed E-state index contributed by atoms with van der Waals surface area (Å²) in [5.41, 5.74) is 0.750. The second-order valence-electron chi connectivity index (χ2n) is 4.08. The molecule has 0 radical (unpaired) electrons. The average molecular weight is 243 g/mol. The highest BCUT2D eigenvalue weighted by Gasteiger charge is 2.34. The second kappa shape index (κ2) is 5.96. The molecular weight excluding hydrogens is 224 g/mol. The van der Waals surface area contributed by atoms with Crippen molar-refractivity contribution in [1.82, 2.24) is 5.32 Å². The van der Waals surface area contributed by atoms with Gasteiger partial charge in [-0.05, 0) is 32.0 Å². The van der Waals surface area contributed by atoms with E-state index in [4.69, 9.17) is 4.74 Å². The molecule has 1 rings (SSSR count). The van der Waals surface area contributed by atoms with Crippen molar-refractivity contribution in [1.29, 1.82) is 0 Å². The van der Waals surface area contributed by atoms with Crippen LogP contribution in [-0.2, 0) is 5.92 Å². The van der Waals surface area contributed by atoms with Crippen molar-refractivity contribution in [3.05, 3.63) is 29.3 Å². The summed E-state index contributed by atoms with van der Waals surface area (Å²) < 4.78 is 32.9. The van der Waals surface area contributed by atoms with Crippen LogP contribution in [0, 0.1) is 6.92 Å². The molecule has 0 aliphatic heterocycles. The number of hydrogen-bond acceptors (Lipinski definition) is 2. The van der Waals surface area contributed by atoms with E-state index in [9.17, 15) is 8.78 Å². The number of benzene rings is 1. The van der Waals surface area contributed by atoms with Crippen molar-refractivity contribution >= 4 is 0 Å². The number of rotatable bonds is 6. The maximum absolute atomic E-state index is 14.0. The zero-order valence-corrected chi connectivity index (χ0v) is 10.5. The number of halogens is 2. The summed E-state index contributed by atoms with van der Waals surface area (Å²) in [5.74, 6) is -2.68. The Labute approximate surface area is 101 Å². The molecule has 0 fully saturated rings. The Hall–Kier alpha value is -1.16. The first-order valence-electron chi connectivity index (χ1n) is 5.75. The molecule has 0 saturated heterocycles. The van der Waals surface area contributed by atoms with Crippen LogP contribution in [0.3, 0.4) is 0 Å². The average Bonchev–Trinajstić information content (AvgIpc) is 2.29. The molecule has 0 aliphatic carbocycles. The first-order valence-corrected chi connectivity index (χ1v) is 5.75. The van der Waals surface area contributed by atoms with E-state index in [-0.39, 0.29) is 17.9 Å². The van der Waals surface area contributed by atoms with E-state index in [0.717, 1.165) is 12.0 Å². The van der Waals surface area contributed by atoms with E-state index in [0.29, 0.717) is 6.54 Å². The molecule has 0 aliphatic rings. The summed E-state index contributed by atoms with van der Waals surface area (Å²) in [6.07, 6.45) is 0.834. The van der Waals surface area contributed by atoms with Crippen molar-refractivity contribution in [2.45, 2.75) is 26.2 Å². The van der Waals surface area contributed by atoms with Crippen LogP contribution in [0.5, 0.6) is 5.75 Å². The van der Waals surface area contributed by atoms with Crippen LogP contribution in [0.2, 0.25) is 0 Å². The fourth-order valence-corrected chi connectivity index (χ4v) is 1.63. The van der Waals surface area contributed by atoms with Crippen LogP contribution >= 0.6 is 0 Å². The highest BCUT2D eigenvalue weighted by Crippen LogP contribution is 2.35. The summed E-state index contributed by atoms with van der Waals surface area (Å²) in [6.45, 7) is 3.96. The topological polar surface area (TPSA) is 21.3 Å². The normalized spacial score (nSPS) is 11.6. The number of hydrogen-bond donors (Lipinski definition) is 1. The maximum Gasteiger partial charge on any atom is 0.288 e. The van der Waals surface area contributed by atoms with Gasteiger partial charge in [-0.25, -0.2) is 0 Å². The lowest BCUT2D eigenvalue weighted by Crippen LogP contribution is -2.31. The Bertz CT molecular complexity index is 366. The highest BCUT2D eigenvalue weighted by atomic mass is 19.3. The summed E-state index contributed by atoms with van der Waals surface area (Å²) >= 11 is 0. The van der Waals surface area contributed by atoms with Gasteiger partial charge in [0.2, 0.25) is 0 Å². The van der Waals surface area contributed by atoms with Crippen LogP contribution in [-0.4, -0.2) is 20.2 Å². The molecule has 96 valence electrons. The van der Waals surface area contributed by atoms with E-state index in [1.807, 2.05) is 6.92 Å². The second-order valence-corrected chi connectivity index (χ2v) is 4.08. The minimum Gasteiger partial charge on any atom is -0.496 e. The smallest absolute Gasteiger partial charge is 0.288 e. The van der Waals surface area contributed by atoms with Gasteiger partial charge in [0.1, 0.15) is 5.75 Å².